The van der Waals surface area contributed by atoms with Crippen LogP contribution in [0.2, 0.25) is 0 Å². The third kappa shape index (κ3) is 2.42. The second-order valence-electron chi connectivity index (χ2n) is 8.62. The van der Waals surface area contributed by atoms with Gasteiger partial charge in [0.25, 0.3) is 0 Å². The molecule has 0 radical (unpaired) electrons. The lowest BCUT2D eigenvalue weighted by molar-refractivity contribution is -0.127. The summed E-state index contributed by atoms with van der Waals surface area (Å²) in [5.74, 6) is 0.655. The van der Waals surface area contributed by atoms with E-state index in [0.29, 0.717) is 34.7 Å². The number of anilines is 1. The van der Waals surface area contributed by atoms with Gasteiger partial charge in [-0.3, -0.25) is 4.79 Å². The molecule has 6 rings (SSSR count). The van der Waals surface area contributed by atoms with E-state index in [0.717, 1.165) is 30.6 Å². The number of nitrogens with zero attached hydrogens (tertiary/aromatic N) is 1. The Labute approximate surface area is 160 Å². The molecule has 2 atom stereocenters. The molecule has 27 heavy (non-hydrogen) atoms. The Morgan fingerprint density at radius 2 is 1.81 bits per heavy atom. The third-order valence-electron chi connectivity index (χ3n) is 7.21. The van der Waals surface area contributed by atoms with E-state index in [2.05, 4.69) is 5.32 Å². The van der Waals surface area contributed by atoms with Crippen molar-refractivity contribution in [3.63, 3.8) is 0 Å². The lowest BCUT2D eigenvalue weighted by Crippen LogP contribution is -2.37. The van der Waals surface area contributed by atoms with E-state index in [9.17, 15) is 24.6 Å². The molecule has 3 N–H and O–H groups in total. The number of rotatable bonds is 3. The maximum absolute atomic E-state index is 13.2. The number of nitrogens with one attached hydrogen (secondary N) is 1. The standard InChI is InChI=1S/C19H22N2O5S/c22-16(23)14-12-1-2-21(18(25)26)8-13(12)27-15(14)20-17(24)19-6-9-3-10(7-19)5-11(19)4-9/h9-11H,1-8H2,(H,20,24)(H,22,23)(H,25,26). The zero-order valence-corrected chi connectivity index (χ0v) is 15.7. The number of fused-ring (bicyclic) bond motifs is 1. The molecule has 0 spiro atoms. The molecule has 4 aliphatic carbocycles. The van der Waals surface area contributed by atoms with Gasteiger partial charge < -0.3 is 20.4 Å². The van der Waals surface area contributed by atoms with Crippen LogP contribution in [0.3, 0.4) is 0 Å². The number of carbonyl (C=O) groups is 3. The van der Waals surface area contributed by atoms with Crippen LogP contribution < -0.4 is 5.32 Å². The van der Waals surface area contributed by atoms with E-state index in [1.165, 1.54) is 22.7 Å². The van der Waals surface area contributed by atoms with E-state index in [-0.39, 0.29) is 30.0 Å². The first-order valence-corrected chi connectivity index (χ1v) is 10.4. The molecular weight excluding hydrogens is 368 g/mol. The summed E-state index contributed by atoms with van der Waals surface area (Å²) in [5.41, 5.74) is 0.513. The molecule has 0 saturated heterocycles. The summed E-state index contributed by atoms with van der Waals surface area (Å²) < 4.78 is 0. The molecular formula is C19H22N2O5S. The molecule has 2 heterocycles. The second kappa shape index (κ2) is 5.70. The highest BCUT2D eigenvalue weighted by Gasteiger charge is 2.61. The lowest BCUT2D eigenvalue weighted by atomic mass is 9.75. The summed E-state index contributed by atoms with van der Waals surface area (Å²) in [5, 5.41) is 22.3. The van der Waals surface area contributed by atoms with Gasteiger partial charge in [-0.05, 0) is 61.8 Å². The molecule has 1 aromatic heterocycles. The monoisotopic (exact) mass is 390 g/mol. The van der Waals surface area contributed by atoms with Crippen LogP contribution in [0.25, 0.3) is 0 Å². The predicted molar refractivity (Wildman–Crippen MR) is 98.0 cm³/mol. The Morgan fingerprint density at radius 1 is 1.11 bits per heavy atom. The van der Waals surface area contributed by atoms with Gasteiger partial charge >= 0.3 is 12.1 Å². The molecule has 8 heteroatoms. The minimum Gasteiger partial charge on any atom is -0.478 e. The summed E-state index contributed by atoms with van der Waals surface area (Å²) >= 11 is 1.22. The highest BCUT2D eigenvalue weighted by Crippen LogP contribution is 2.65. The minimum absolute atomic E-state index is 0.0200. The summed E-state index contributed by atoms with van der Waals surface area (Å²) in [7, 11) is 0. The fraction of sp³-hybridized carbons (Fsp3) is 0.632. The van der Waals surface area contributed by atoms with Crippen molar-refractivity contribution >= 4 is 34.3 Å². The van der Waals surface area contributed by atoms with Crippen LogP contribution in [0.15, 0.2) is 0 Å². The van der Waals surface area contributed by atoms with Crippen molar-refractivity contribution in [1.29, 1.82) is 0 Å². The molecule has 144 valence electrons. The molecule has 1 aliphatic heterocycles. The molecule has 0 aromatic carbocycles. The van der Waals surface area contributed by atoms with Crippen molar-refractivity contribution in [2.75, 3.05) is 11.9 Å². The number of carboxylic acids is 1. The van der Waals surface area contributed by atoms with Gasteiger partial charge in [0, 0.05) is 11.4 Å². The Balaban J connectivity index is 1.45. The average molecular weight is 390 g/mol. The van der Waals surface area contributed by atoms with Crippen molar-refractivity contribution in [3.8, 4) is 0 Å². The van der Waals surface area contributed by atoms with Gasteiger partial charge in [0.2, 0.25) is 5.91 Å². The number of thiophene rings is 1. The van der Waals surface area contributed by atoms with E-state index in [4.69, 9.17) is 0 Å². The van der Waals surface area contributed by atoms with Crippen LogP contribution in [0.4, 0.5) is 9.80 Å². The zero-order chi connectivity index (χ0) is 18.9. The predicted octanol–water partition coefficient (Wildman–Crippen LogP) is 3.25. The van der Waals surface area contributed by atoms with Gasteiger partial charge in [0.15, 0.2) is 0 Å². The molecule has 4 fully saturated rings. The lowest BCUT2D eigenvalue weighted by Gasteiger charge is -2.31. The van der Waals surface area contributed by atoms with Crippen molar-refractivity contribution in [2.45, 2.75) is 45.1 Å². The van der Waals surface area contributed by atoms with Gasteiger partial charge in [0.1, 0.15) is 5.00 Å². The van der Waals surface area contributed by atoms with Crippen LogP contribution >= 0.6 is 11.3 Å². The van der Waals surface area contributed by atoms with Crippen LogP contribution in [-0.2, 0) is 17.8 Å². The number of carbonyl (C=O) groups excluding carboxylic acids is 1. The Kier molecular flexibility index (Phi) is 3.60. The van der Waals surface area contributed by atoms with Gasteiger partial charge in [-0.25, -0.2) is 9.59 Å². The maximum Gasteiger partial charge on any atom is 0.407 e. The first-order valence-electron chi connectivity index (χ1n) is 9.54. The van der Waals surface area contributed by atoms with E-state index in [1.807, 2.05) is 0 Å². The number of aromatic carboxylic acids is 1. The van der Waals surface area contributed by atoms with E-state index < -0.39 is 12.1 Å². The number of hydrogen-bond acceptors (Lipinski definition) is 4. The normalized spacial score (nSPS) is 33.2. The summed E-state index contributed by atoms with van der Waals surface area (Å²) in [6, 6.07) is 0. The van der Waals surface area contributed by atoms with Crippen LogP contribution in [-0.4, -0.2) is 39.6 Å². The summed E-state index contributed by atoms with van der Waals surface area (Å²) in [6.45, 7) is 0.464. The van der Waals surface area contributed by atoms with Crippen LogP contribution in [0.1, 0.15) is 52.9 Å². The number of carboxylic acid groups (broad SMARTS) is 2. The second-order valence-corrected chi connectivity index (χ2v) is 9.73. The molecule has 4 bridgehead atoms. The van der Waals surface area contributed by atoms with E-state index >= 15 is 0 Å². The SMILES string of the molecule is O=C(O)c1c(NC(=O)C23CC4CC(CC2C4)C3)sc2c1CCN(C(=O)O)C2. The maximum atomic E-state index is 13.2. The Bertz CT molecular complexity index is 849. The fourth-order valence-electron chi connectivity index (χ4n) is 6.28. The topological polar surface area (TPSA) is 107 Å². The molecule has 4 saturated carbocycles. The summed E-state index contributed by atoms with van der Waals surface area (Å²) in [4.78, 5) is 38.4. The van der Waals surface area contributed by atoms with Gasteiger partial charge in [-0.1, -0.05) is 0 Å². The van der Waals surface area contributed by atoms with Crippen LogP contribution in [0.5, 0.6) is 0 Å². The van der Waals surface area contributed by atoms with Crippen molar-refractivity contribution in [1.82, 2.24) is 4.90 Å². The van der Waals surface area contributed by atoms with Gasteiger partial charge in [-0.15, -0.1) is 11.3 Å². The zero-order valence-electron chi connectivity index (χ0n) is 14.9. The van der Waals surface area contributed by atoms with Crippen LogP contribution in [0, 0.1) is 23.2 Å². The molecule has 2 unspecified atom stereocenters. The molecule has 7 nitrogen and oxygen atoms in total. The van der Waals surface area contributed by atoms with Crippen molar-refractivity contribution in [3.05, 3.63) is 16.0 Å². The highest BCUT2D eigenvalue weighted by molar-refractivity contribution is 7.17. The molecule has 1 aromatic rings. The summed E-state index contributed by atoms with van der Waals surface area (Å²) in [6.07, 6.45) is 4.72. The molecule has 2 amide bonds. The minimum atomic E-state index is -1.05. The quantitative estimate of drug-likeness (QED) is 0.734. The average Bonchev–Trinajstić information content (AvgIpc) is 3.17. The van der Waals surface area contributed by atoms with Crippen molar-refractivity contribution < 1.29 is 24.6 Å². The van der Waals surface area contributed by atoms with Gasteiger partial charge in [-0.2, -0.15) is 0 Å². The largest absolute Gasteiger partial charge is 0.478 e. The highest BCUT2D eigenvalue weighted by atomic mass is 32.1. The van der Waals surface area contributed by atoms with E-state index in [1.54, 1.807) is 0 Å². The first-order chi connectivity index (χ1) is 12.9. The van der Waals surface area contributed by atoms with Crippen molar-refractivity contribution in [2.24, 2.45) is 23.2 Å². The first kappa shape index (κ1) is 17.0. The Morgan fingerprint density at radius 3 is 2.44 bits per heavy atom. The third-order valence-corrected chi connectivity index (χ3v) is 8.34. The Hall–Kier alpha value is -2.09. The number of amides is 2. The van der Waals surface area contributed by atoms with Gasteiger partial charge in [0.05, 0.1) is 17.5 Å². The smallest absolute Gasteiger partial charge is 0.407 e. The molecule has 5 aliphatic rings. The number of hydrogen-bond donors (Lipinski definition) is 3. The fourth-order valence-corrected chi connectivity index (χ4v) is 7.53.